The van der Waals surface area contributed by atoms with Gasteiger partial charge >= 0.3 is 6.09 Å². The maximum atomic E-state index is 12.5. The Hall–Kier alpha value is -1.55. The molecule has 23 heavy (non-hydrogen) atoms. The van der Waals surface area contributed by atoms with Crippen LogP contribution in [-0.2, 0) is 10.2 Å². The lowest BCUT2D eigenvalue weighted by atomic mass is 9.47. The Morgan fingerprint density at radius 3 is 2.48 bits per heavy atom. The number of amides is 1. The van der Waals surface area contributed by atoms with Crippen molar-refractivity contribution < 1.29 is 14.6 Å². The molecule has 1 N–H and O–H groups in total. The van der Waals surface area contributed by atoms with Gasteiger partial charge in [0.15, 0.2) is 0 Å². The number of carbonyl (C=O) groups is 1. The number of carbonyl (C=O) groups excluding carboxylic acids is 1. The molecule has 2 aliphatic heterocycles. The van der Waals surface area contributed by atoms with Crippen LogP contribution in [0.15, 0.2) is 24.3 Å². The van der Waals surface area contributed by atoms with E-state index < -0.39 is 5.60 Å². The first-order valence-electron chi connectivity index (χ1n) is 8.34. The molecule has 3 fully saturated rings. The molecular formula is C19H27NO3. The van der Waals surface area contributed by atoms with Crippen LogP contribution in [0.5, 0.6) is 0 Å². The fraction of sp³-hybridized carbons (Fsp3) is 0.632. The van der Waals surface area contributed by atoms with Gasteiger partial charge in [-0.05, 0) is 51.7 Å². The van der Waals surface area contributed by atoms with Crippen LogP contribution in [0.2, 0.25) is 0 Å². The summed E-state index contributed by atoms with van der Waals surface area (Å²) in [5.74, 6) is 0. The van der Waals surface area contributed by atoms with Gasteiger partial charge in [-0.3, -0.25) is 0 Å². The number of benzene rings is 1. The average Bonchev–Trinajstić information content (AvgIpc) is 2.44. The summed E-state index contributed by atoms with van der Waals surface area (Å²) >= 11 is 0. The first kappa shape index (κ1) is 16.3. The summed E-state index contributed by atoms with van der Waals surface area (Å²) in [5.41, 5.74) is 1.85. The quantitative estimate of drug-likeness (QED) is 0.911. The summed E-state index contributed by atoms with van der Waals surface area (Å²) in [6, 6.07) is 8.38. The van der Waals surface area contributed by atoms with E-state index in [9.17, 15) is 9.90 Å². The minimum Gasteiger partial charge on any atom is -0.444 e. The standard InChI is InChI=1S/C19H27NO3/c1-14-7-5-6-8-15(14)19-9-18(10-19,13-21)11-20(12-19)16(22)23-17(2,3)4/h5-8,21H,9-13H2,1-4H3. The molecule has 126 valence electrons. The highest BCUT2D eigenvalue weighted by Gasteiger charge is 2.61. The molecule has 2 bridgehead atoms. The van der Waals surface area contributed by atoms with Crippen molar-refractivity contribution in [2.45, 2.75) is 51.6 Å². The maximum Gasteiger partial charge on any atom is 0.410 e. The number of hydrogen-bond acceptors (Lipinski definition) is 3. The Bertz CT molecular complexity index is 611. The summed E-state index contributed by atoms with van der Waals surface area (Å²) in [6.07, 6.45) is 1.62. The number of hydrogen-bond donors (Lipinski definition) is 1. The molecular weight excluding hydrogens is 290 g/mol. The van der Waals surface area contributed by atoms with E-state index in [0.29, 0.717) is 13.1 Å². The zero-order valence-electron chi connectivity index (χ0n) is 14.6. The number of ether oxygens (including phenoxy) is 1. The Morgan fingerprint density at radius 2 is 1.91 bits per heavy atom. The van der Waals surface area contributed by atoms with Gasteiger partial charge in [-0.1, -0.05) is 24.3 Å². The second-order valence-electron chi connectivity index (χ2n) is 8.44. The predicted octanol–water partition coefficient (Wildman–Crippen LogP) is 3.26. The van der Waals surface area contributed by atoms with Crippen molar-refractivity contribution in [1.29, 1.82) is 0 Å². The topological polar surface area (TPSA) is 49.8 Å². The number of rotatable bonds is 2. The Morgan fingerprint density at radius 1 is 1.26 bits per heavy atom. The van der Waals surface area contributed by atoms with E-state index in [1.165, 1.54) is 11.1 Å². The van der Waals surface area contributed by atoms with Gasteiger partial charge in [0.1, 0.15) is 5.60 Å². The van der Waals surface area contributed by atoms with Crippen LogP contribution in [0.25, 0.3) is 0 Å². The van der Waals surface area contributed by atoms with Gasteiger partial charge in [-0.15, -0.1) is 0 Å². The summed E-state index contributed by atoms with van der Waals surface area (Å²) in [6.45, 7) is 9.16. The zero-order chi connectivity index (χ0) is 16.9. The maximum absolute atomic E-state index is 12.5. The van der Waals surface area contributed by atoms with Crippen LogP contribution < -0.4 is 0 Å². The molecule has 3 aliphatic rings. The van der Waals surface area contributed by atoms with Crippen LogP contribution in [0.1, 0.15) is 44.7 Å². The first-order chi connectivity index (χ1) is 10.7. The number of aliphatic hydroxyl groups is 1. The number of piperidine rings is 2. The van der Waals surface area contributed by atoms with E-state index >= 15 is 0 Å². The highest BCUT2D eigenvalue weighted by Crippen LogP contribution is 2.60. The van der Waals surface area contributed by atoms with Crippen LogP contribution in [0.4, 0.5) is 4.79 Å². The highest BCUT2D eigenvalue weighted by atomic mass is 16.6. The van der Waals surface area contributed by atoms with Crippen molar-refractivity contribution in [3.05, 3.63) is 35.4 Å². The number of fused-ring (bicyclic) bond motifs is 2. The highest BCUT2D eigenvalue weighted by molar-refractivity contribution is 5.69. The minimum atomic E-state index is -0.499. The SMILES string of the molecule is Cc1ccccc1C12CN(C(=O)OC(C)(C)C)CC(CO)(C1)C2. The number of aliphatic hydroxyl groups excluding tert-OH is 1. The van der Waals surface area contributed by atoms with Crippen LogP contribution in [0, 0.1) is 12.3 Å². The third-order valence-corrected chi connectivity index (χ3v) is 5.15. The van der Waals surface area contributed by atoms with Crippen molar-refractivity contribution in [2.24, 2.45) is 5.41 Å². The fourth-order valence-electron chi connectivity index (χ4n) is 4.49. The first-order valence-corrected chi connectivity index (χ1v) is 8.34. The molecule has 0 spiro atoms. The van der Waals surface area contributed by atoms with Gasteiger partial charge in [-0.25, -0.2) is 4.79 Å². The third kappa shape index (κ3) is 2.85. The molecule has 0 unspecified atom stereocenters. The van der Waals surface area contributed by atoms with Gasteiger partial charge < -0.3 is 14.7 Å². The van der Waals surface area contributed by atoms with E-state index in [-0.39, 0.29) is 23.5 Å². The van der Waals surface area contributed by atoms with Crippen molar-refractivity contribution in [3.8, 4) is 0 Å². The van der Waals surface area contributed by atoms with Crippen molar-refractivity contribution in [2.75, 3.05) is 19.7 Å². The fourth-order valence-corrected chi connectivity index (χ4v) is 4.49. The minimum absolute atomic E-state index is 0.0385. The Kier molecular flexibility index (Phi) is 3.71. The zero-order valence-corrected chi connectivity index (χ0v) is 14.6. The summed E-state index contributed by atoms with van der Waals surface area (Å²) in [5, 5.41) is 9.87. The molecule has 0 atom stereocenters. The molecule has 4 nitrogen and oxygen atoms in total. The van der Waals surface area contributed by atoms with E-state index in [0.717, 1.165) is 12.8 Å². The smallest absolute Gasteiger partial charge is 0.410 e. The molecule has 0 aromatic heterocycles. The molecule has 2 saturated heterocycles. The molecule has 4 heteroatoms. The van der Waals surface area contributed by atoms with Crippen LogP contribution in [-0.4, -0.2) is 41.4 Å². The third-order valence-electron chi connectivity index (χ3n) is 5.15. The number of aryl methyl sites for hydroxylation is 1. The van der Waals surface area contributed by atoms with Gasteiger partial charge in [0.2, 0.25) is 0 Å². The largest absolute Gasteiger partial charge is 0.444 e. The summed E-state index contributed by atoms with van der Waals surface area (Å²) in [7, 11) is 0. The van der Waals surface area contributed by atoms with Gasteiger partial charge in [0, 0.05) is 23.9 Å². The number of nitrogens with zero attached hydrogens (tertiary/aromatic N) is 1. The molecule has 4 rings (SSSR count). The lowest BCUT2D eigenvalue weighted by Gasteiger charge is -2.63. The van der Waals surface area contributed by atoms with Crippen LogP contribution in [0.3, 0.4) is 0 Å². The van der Waals surface area contributed by atoms with Gasteiger partial charge in [0.05, 0.1) is 6.61 Å². The average molecular weight is 317 g/mol. The monoisotopic (exact) mass is 317 g/mol. The van der Waals surface area contributed by atoms with E-state index in [1.807, 2.05) is 26.8 Å². The molecule has 2 heterocycles. The van der Waals surface area contributed by atoms with E-state index in [2.05, 4.69) is 25.1 Å². The van der Waals surface area contributed by atoms with Crippen molar-refractivity contribution in [1.82, 2.24) is 4.90 Å². The van der Waals surface area contributed by atoms with Gasteiger partial charge in [0.25, 0.3) is 0 Å². The van der Waals surface area contributed by atoms with Gasteiger partial charge in [-0.2, -0.15) is 0 Å². The molecule has 1 aromatic carbocycles. The second-order valence-corrected chi connectivity index (χ2v) is 8.44. The predicted molar refractivity (Wildman–Crippen MR) is 89.4 cm³/mol. The van der Waals surface area contributed by atoms with E-state index in [1.54, 1.807) is 4.90 Å². The summed E-state index contributed by atoms with van der Waals surface area (Å²) < 4.78 is 5.55. The molecule has 1 aromatic rings. The van der Waals surface area contributed by atoms with Crippen molar-refractivity contribution in [3.63, 3.8) is 0 Å². The normalized spacial score (nSPS) is 29.9. The lowest BCUT2D eigenvalue weighted by molar-refractivity contribution is -0.112. The molecule has 1 aliphatic carbocycles. The molecule has 1 saturated carbocycles. The molecule has 1 amide bonds. The summed E-state index contributed by atoms with van der Waals surface area (Å²) in [4.78, 5) is 14.3. The van der Waals surface area contributed by atoms with Crippen molar-refractivity contribution >= 4 is 6.09 Å². The second kappa shape index (κ2) is 5.23. The van der Waals surface area contributed by atoms with Crippen LogP contribution >= 0.6 is 0 Å². The Balaban J connectivity index is 1.87. The van der Waals surface area contributed by atoms with E-state index in [4.69, 9.17) is 4.74 Å². The molecule has 0 radical (unpaired) electrons. The Labute approximate surface area is 138 Å². The lowest BCUT2D eigenvalue weighted by Crippen LogP contribution is -2.67.